The maximum absolute atomic E-state index is 4.58. The quantitative estimate of drug-likeness (QED) is 0.799. The van der Waals surface area contributed by atoms with Gasteiger partial charge in [-0.05, 0) is 20.8 Å². The highest BCUT2D eigenvalue weighted by Gasteiger charge is 2.13. The highest BCUT2D eigenvalue weighted by molar-refractivity contribution is 7.22. The summed E-state index contributed by atoms with van der Waals surface area (Å²) in [6, 6.07) is 0. The molecule has 3 aromatic heterocycles. The third-order valence-electron chi connectivity index (χ3n) is 3.06. The smallest absolute Gasteiger partial charge is 0.190 e. The van der Waals surface area contributed by atoms with E-state index in [0.29, 0.717) is 0 Å². The van der Waals surface area contributed by atoms with Crippen LogP contribution >= 0.6 is 11.3 Å². The van der Waals surface area contributed by atoms with Crippen molar-refractivity contribution in [3.05, 3.63) is 17.6 Å². The van der Waals surface area contributed by atoms with Crippen LogP contribution < -0.4 is 5.32 Å². The molecule has 0 fully saturated rings. The fourth-order valence-corrected chi connectivity index (χ4v) is 3.00. The Kier molecular flexibility index (Phi) is 2.78. The lowest BCUT2D eigenvalue weighted by Crippen LogP contribution is -1.94. The summed E-state index contributed by atoms with van der Waals surface area (Å²) in [7, 11) is 1.92. The first kappa shape index (κ1) is 12.2. The van der Waals surface area contributed by atoms with Crippen LogP contribution in [0, 0.1) is 13.8 Å². The molecule has 1 N–H and O–H groups in total. The van der Waals surface area contributed by atoms with E-state index in [2.05, 4.69) is 27.4 Å². The average molecular weight is 276 g/mol. The zero-order valence-corrected chi connectivity index (χ0v) is 12.2. The van der Waals surface area contributed by atoms with Crippen molar-refractivity contribution in [3.63, 3.8) is 0 Å². The van der Waals surface area contributed by atoms with Gasteiger partial charge in [-0.1, -0.05) is 11.3 Å². The van der Waals surface area contributed by atoms with E-state index in [0.717, 1.165) is 39.1 Å². The van der Waals surface area contributed by atoms with Crippen molar-refractivity contribution in [2.75, 3.05) is 5.32 Å². The van der Waals surface area contributed by atoms with Gasteiger partial charge in [-0.25, -0.2) is 9.67 Å². The van der Waals surface area contributed by atoms with E-state index in [1.54, 1.807) is 11.3 Å². The number of rotatable bonds is 3. The number of aromatic nitrogens is 5. The number of hydrogen-bond donors (Lipinski definition) is 1. The molecule has 0 aliphatic rings. The summed E-state index contributed by atoms with van der Waals surface area (Å²) in [6.45, 7) is 6.94. The third kappa shape index (κ3) is 1.99. The molecule has 19 heavy (non-hydrogen) atoms. The number of anilines is 2. The highest BCUT2D eigenvalue weighted by atomic mass is 32.1. The first-order valence-corrected chi connectivity index (χ1v) is 7.01. The summed E-state index contributed by atoms with van der Waals surface area (Å²) in [5, 5.41) is 13.0. The molecule has 0 unspecified atom stereocenters. The summed E-state index contributed by atoms with van der Waals surface area (Å²) < 4.78 is 4.86. The minimum absolute atomic E-state index is 0.866. The van der Waals surface area contributed by atoms with Crippen molar-refractivity contribution >= 4 is 32.5 Å². The normalized spacial score (nSPS) is 11.4. The molecule has 0 spiro atoms. The Labute approximate surface area is 115 Å². The number of aryl methyl sites for hydroxylation is 4. The van der Waals surface area contributed by atoms with Crippen molar-refractivity contribution in [1.82, 2.24) is 24.5 Å². The predicted molar refractivity (Wildman–Crippen MR) is 77.0 cm³/mol. The fourth-order valence-electron chi connectivity index (χ4n) is 2.06. The third-order valence-corrected chi connectivity index (χ3v) is 4.13. The Bertz CT molecular complexity index is 700. The molecule has 3 rings (SSSR count). The molecule has 3 aromatic rings. The molecular formula is C12H16N6S. The molecule has 0 amide bonds. The number of nitrogens with zero attached hydrogens (tertiary/aromatic N) is 5. The first-order valence-electron chi connectivity index (χ1n) is 6.19. The molecule has 6 nitrogen and oxygen atoms in total. The van der Waals surface area contributed by atoms with Crippen LogP contribution in [0.5, 0.6) is 0 Å². The Morgan fingerprint density at radius 1 is 1.26 bits per heavy atom. The number of hydrogen-bond acceptors (Lipinski definition) is 5. The Hall–Kier alpha value is -1.89. The van der Waals surface area contributed by atoms with Crippen LogP contribution in [0.4, 0.5) is 10.8 Å². The van der Waals surface area contributed by atoms with Crippen LogP contribution in [0.15, 0.2) is 6.20 Å². The van der Waals surface area contributed by atoms with Gasteiger partial charge in [0.25, 0.3) is 0 Å². The van der Waals surface area contributed by atoms with E-state index in [9.17, 15) is 0 Å². The van der Waals surface area contributed by atoms with Gasteiger partial charge in [-0.3, -0.25) is 4.68 Å². The van der Waals surface area contributed by atoms with Crippen molar-refractivity contribution < 1.29 is 0 Å². The van der Waals surface area contributed by atoms with E-state index in [4.69, 9.17) is 0 Å². The van der Waals surface area contributed by atoms with Crippen LogP contribution in [0.2, 0.25) is 0 Å². The van der Waals surface area contributed by atoms with Crippen LogP contribution in [0.3, 0.4) is 0 Å². The summed E-state index contributed by atoms with van der Waals surface area (Å²) in [4.78, 5) is 4.58. The molecule has 3 heterocycles. The van der Waals surface area contributed by atoms with Crippen molar-refractivity contribution in [2.45, 2.75) is 27.3 Å². The van der Waals surface area contributed by atoms with Crippen molar-refractivity contribution in [1.29, 1.82) is 0 Å². The SMILES string of the molecule is CCn1cc(Nc2nc3c(s2)c(C)nn3C)c(C)n1. The Morgan fingerprint density at radius 2 is 2.05 bits per heavy atom. The molecule has 0 bridgehead atoms. The van der Waals surface area contributed by atoms with Crippen molar-refractivity contribution in [2.24, 2.45) is 7.05 Å². The molecule has 0 aromatic carbocycles. The number of thiazole rings is 1. The lowest BCUT2D eigenvalue weighted by atomic mass is 10.4. The van der Waals surface area contributed by atoms with Crippen LogP contribution in [-0.4, -0.2) is 24.5 Å². The minimum Gasteiger partial charge on any atom is -0.329 e. The van der Waals surface area contributed by atoms with Gasteiger partial charge < -0.3 is 5.32 Å². The van der Waals surface area contributed by atoms with Crippen LogP contribution in [0.25, 0.3) is 10.3 Å². The molecule has 0 saturated carbocycles. The summed E-state index contributed by atoms with van der Waals surface area (Å²) >= 11 is 1.62. The zero-order chi connectivity index (χ0) is 13.6. The van der Waals surface area contributed by atoms with E-state index in [1.807, 2.05) is 36.5 Å². The maximum atomic E-state index is 4.58. The zero-order valence-electron chi connectivity index (χ0n) is 11.4. The lowest BCUT2D eigenvalue weighted by Gasteiger charge is -1.98. The Morgan fingerprint density at radius 3 is 2.68 bits per heavy atom. The highest BCUT2D eigenvalue weighted by Crippen LogP contribution is 2.30. The second-order valence-corrected chi connectivity index (χ2v) is 5.49. The Balaban J connectivity index is 1.96. The monoisotopic (exact) mass is 276 g/mol. The standard InChI is InChI=1S/C12H16N6S/c1-5-18-6-9(7(2)16-18)13-12-14-11-10(19-12)8(3)15-17(11)4/h6H,5H2,1-4H3,(H,13,14). The van der Waals surface area contributed by atoms with E-state index >= 15 is 0 Å². The molecule has 0 radical (unpaired) electrons. The largest absolute Gasteiger partial charge is 0.329 e. The van der Waals surface area contributed by atoms with Crippen LogP contribution in [0.1, 0.15) is 18.3 Å². The van der Waals surface area contributed by atoms with E-state index in [1.165, 1.54) is 0 Å². The van der Waals surface area contributed by atoms with Gasteiger partial charge in [0.1, 0.15) is 0 Å². The summed E-state index contributed by atoms with van der Waals surface area (Å²) in [5.74, 6) is 0. The van der Waals surface area contributed by atoms with Gasteiger partial charge in [0, 0.05) is 19.8 Å². The molecule has 0 saturated heterocycles. The van der Waals surface area contributed by atoms with Gasteiger partial charge in [0.2, 0.25) is 0 Å². The lowest BCUT2D eigenvalue weighted by molar-refractivity contribution is 0.653. The van der Waals surface area contributed by atoms with E-state index in [-0.39, 0.29) is 0 Å². The topological polar surface area (TPSA) is 60.6 Å². The second kappa shape index (κ2) is 4.34. The molecule has 100 valence electrons. The van der Waals surface area contributed by atoms with Gasteiger partial charge >= 0.3 is 0 Å². The second-order valence-electron chi connectivity index (χ2n) is 4.49. The van der Waals surface area contributed by atoms with Gasteiger partial charge in [0.15, 0.2) is 10.8 Å². The summed E-state index contributed by atoms with van der Waals surface area (Å²) in [5.41, 5.74) is 3.93. The molecular weight excluding hydrogens is 260 g/mol. The van der Waals surface area contributed by atoms with E-state index < -0.39 is 0 Å². The number of fused-ring (bicyclic) bond motifs is 1. The average Bonchev–Trinajstić information content (AvgIpc) is 3.00. The van der Waals surface area contributed by atoms with Gasteiger partial charge in [-0.15, -0.1) is 0 Å². The predicted octanol–water partition coefficient (Wildman–Crippen LogP) is 2.61. The first-order chi connectivity index (χ1) is 9.08. The minimum atomic E-state index is 0.866. The van der Waals surface area contributed by atoms with Gasteiger partial charge in [0.05, 0.1) is 21.8 Å². The van der Waals surface area contributed by atoms with Crippen molar-refractivity contribution in [3.8, 4) is 0 Å². The van der Waals surface area contributed by atoms with Gasteiger partial charge in [-0.2, -0.15) is 10.2 Å². The maximum Gasteiger partial charge on any atom is 0.190 e. The number of nitrogens with one attached hydrogen (secondary N) is 1. The molecule has 0 atom stereocenters. The summed E-state index contributed by atoms with van der Waals surface area (Å²) in [6.07, 6.45) is 2.01. The molecule has 0 aliphatic carbocycles. The fraction of sp³-hybridized carbons (Fsp3) is 0.417. The molecule has 7 heteroatoms. The molecule has 0 aliphatic heterocycles. The van der Waals surface area contributed by atoms with Crippen LogP contribution in [-0.2, 0) is 13.6 Å².